The molecule has 0 aliphatic carbocycles. The average molecular weight is 216 g/mol. The van der Waals surface area contributed by atoms with E-state index in [-0.39, 0.29) is 5.56 Å². The van der Waals surface area contributed by atoms with Gasteiger partial charge >= 0.3 is 5.97 Å². The van der Waals surface area contributed by atoms with Crippen molar-refractivity contribution >= 4 is 17.0 Å². The Morgan fingerprint density at radius 2 is 1.94 bits per heavy atom. The third-order valence-corrected chi connectivity index (χ3v) is 2.90. The predicted molar refractivity (Wildman–Crippen MR) is 60.7 cm³/mol. The van der Waals surface area contributed by atoms with Crippen LogP contribution in [0.25, 0.3) is 11.0 Å². The fraction of sp³-hybridized carbons (Fsp3) is 0.250. The normalized spacial score (nSPS) is 10.7. The molecular formula is C12H12N2O2. The predicted octanol–water partition coefficient (Wildman–Crippen LogP) is 2.25. The van der Waals surface area contributed by atoms with E-state index in [0.717, 1.165) is 22.2 Å². The second kappa shape index (κ2) is 3.56. The molecule has 0 atom stereocenters. The summed E-state index contributed by atoms with van der Waals surface area (Å²) in [4.78, 5) is 19.3. The largest absolute Gasteiger partial charge is 0.478 e. The highest BCUT2D eigenvalue weighted by molar-refractivity contribution is 5.92. The molecule has 0 aliphatic rings. The number of aromatic carboxylic acids is 1. The van der Waals surface area contributed by atoms with Gasteiger partial charge in [0.05, 0.1) is 5.56 Å². The summed E-state index contributed by atoms with van der Waals surface area (Å²) < 4.78 is 0. The molecule has 0 amide bonds. The van der Waals surface area contributed by atoms with Crippen LogP contribution in [0.15, 0.2) is 12.3 Å². The van der Waals surface area contributed by atoms with Crippen LogP contribution in [0.3, 0.4) is 0 Å². The van der Waals surface area contributed by atoms with E-state index in [9.17, 15) is 4.79 Å². The second-order valence-corrected chi connectivity index (χ2v) is 3.85. The Bertz CT molecular complexity index is 591. The summed E-state index contributed by atoms with van der Waals surface area (Å²) >= 11 is 0. The SMILES string of the molecule is Cc1nc2ncc(C(=O)O)cc2c(C)c1C. The maximum Gasteiger partial charge on any atom is 0.337 e. The molecule has 0 spiro atoms. The van der Waals surface area contributed by atoms with Crippen LogP contribution in [-0.4, -0.2) is 21.0 Å². The van der Waals surface area contributed by atoms with E-state index in [4.69, 9.17) is 5.11 Å². The van der Waals surface area contributed by atoms with Gasteiger partial charge in [-0.1, -0.05) is 0 Å². The number of carbonyl (C=O) groups is 1. The Kier molecular flexibility index (Phi) is 2.34. The Balaban J connectivity index is 2.82. The number of carboxylic acid groups (broad SMARTS) is 1. The van der Waals surface area contributed by atoms with Gasteiger partial charge in [0.1, 0.15) is 0 Å². The lowest BCUT2D eigenvalue weighted by atomic mass is 10.0. The molecule has 0 fully saturated rings. The molecule has 0 unspecified atom stereocenters. The first kappa shape index (κ1) is 10.5. The highest BCUT2D eigenvalue weighted by atomic mass is 16.4. The Labute approximate surface area is 93.0 Å². The van der Waals surface area contributed by atoms with Gasteiger partial charge in [-0.2, -0.15) is 0 Å². The summed E-state index contributed by atoms with van der Waals surface area (Å²) in [5, 5.41) is 9.71. The van der Waals surface area contributed by atoms with Gasteiger partial charge in [0.15, 0.2) is 5.65 Å². The number of hydrogen-bond donors (Lipinski definition) is 1. The van der Waals surface area contributed by atoms with Crippen LogP contribution in [0.1, 0.15) is 27.2 Å². The molecule has 4 heteroatoms. The van der Waals surface area contributed by atoms with Gasteiger partial charge < -0.3 is 5.11 Å². The first-order valence-electron chi connectivity index (χ1n) is 4.97. The van der Waals surface area contributed by atoms with Gasteiger partial charge in [-0.25, -0.2) is 14.8 Å². The van der Waals surface area contributed by atoms with Crippen molar-refractivity contribution in [3.63, 3.8) is 0 Å². The molecule has 0 aromatic carbocycles. The van der Waals surface area contributed by atoms with E-state index in [0.29, 0.717) is 5.65 Å². The van der Waals surface area contributed by atoms with Crippen molar-refractivity contribution in [1.29, 1.82) is 0 Å². The summed E-state index contributed by atoms with van der Waals surface area (Å²) in [7, 11) is 0. The molecule has 0 saturated heterocycles. The summed E-state index contributed by atoms with van der Waals surface area (Å²) in [6.45, 7) is 5.86. The monoisotopic (exact) mass is 216 g/mol. The van der Waals surface area contributed by atoms with E-state index in [2.05, 4.69) is 9.97 Å². The Hall–Kier alpha value is -1.97. The van der Waals surface area contributed by atoms with E-state index in [1.807, 2.05) is 20.8 Å². The van der Waals surface area contributed by atoms with E-state index >= 15 is 0 Å². The third-order valence-electron chi connectivity index (χ3n) is 2.90. The summed E-state index contributed by atoms with van der Waals surface area (Å²) in [5.74, 6) is -0.966. The molecule has 2 heterocycles. The fourth-order valence-corrected chi connectivity index (χ4v) is 1.66. The first-order valence-corrected chi connectivity index (χ1v) is 4.97. The molecule has 82 valence electrons. The standard InChI is InChI=1S/C12H12N2O2/c1-6-7(2)10-4-9(12(15)16)5-13-11(10)14-8(6)3/h4-5H,1-3H3,(H,15,16). The minimum Gasteiger partial charge on any atom is -0.478 e. The number of fused-ring (bicyclic) bond motifs is 1. The Morgan fingerprint density at radius 3 is 2.56 bits per heavy atom. The molecule has 0 saturated carbocycles. The van der Waals surface area contributed by atoms with Gasteiger partial charge in [0.25, 0.3) is 0 Å². The molecule has 16 heavy (non-hydrogen) atoms. The van der Waals surface area contributed by atoms with Crippen LogP contribution in [0.4, 0.5) is 0 Å². The molecule has 0 aliphatic heterocycles. The second-order valence-electron chi connectivity index (χ2n) is 3.85. The van der Waals surface area contributed by atoms with Crippen molar-refractivity contribution < 1.29 is 9.90 Å². The molecule has 1 N–H and O–H groups in total. The minimum atomic E-state index is -0.966. The van der Waals surface area contributed by atoms with Gasteiger partial charge in [0.2, 0.25) is 0 Å². The van der Waals surface area contributed by atoms with Crippen LogP contribution in [-0.2, 0) is 0 Å². The highest BCUT2D eigenvalue weighted by Gasteiger charge is 2.10. The van der Waals surface area contributed by atoms with Gasteiger partial charge in [-0.3, -0.25) is 0 Å². The average Bonchev–Trinajstić information content (AvgIpc) is 2.25. The molecule has 0 radical (unpaired) electrons. The first-order chi connectivity index (χ1) is 7.50. The molecule has 2 aromatic rings. The number of rotatable bonds is 1. The van der Waals surface area contributed by atoms with Crippen molar-refractivity contribution in [1.82, 2.24) is 9.97 Å². The van der Waals surface area contributed by atoms with Crippen LogP contribution in [0.5, 0.6) is 0 Å². The van der Waals surface area contributed by atoms with Crippen molar-refractivity contribution in [2.75, 3.05) is 0 Å². The molecule has 2 aromatic heterocycles. The zero-order valence-corrected chi connectivity index (χ0v) is 9.40. The van der Waals surface area contributed by atoms with E-state index in [1.165, 1.54) is 6.20 Å². The maximum atomic E-state index is 10.8. The zero-order chi connectivity index (χ0) is 11.9. The van der Waals surface area contributed by atoms with Crippen LogP contribution >= 0.6 is 0 Å². The van der Waals surface area contributed by atoms with Crippen molar-refractivity contribution in [3.05, 3.63) is 34.6 Å². The van der Waals surface area contributed by atoms with Gasteiger partial charge in [-0.15, -0.1) is 0 Å². The topological polar surface area (TPSA) is 63.1 Å². The van der Waals surface area contributed by atoms with Gasteiger partial charge in [-0.05, 0) is 38.0 Å². The summed E-state index contributed by atoms with van der Waals surface area (Å²) in [6.07, 6.45) is 1.34. The van der Waals surface area contributed by atoms with Crippen molar-refractivity contribution in [3.8, 4) is 0 Å². The van der Waals surface area contributed by atoms with Gasteiger partial charge in [0, 0.05) is 17.3 Å². The van der Waals surface area contributed by atoms with Crippen LogP contribution in [0.2, 0.25) is 0 Å². The maximum absolute atomic E-state index is 10.8. The Morgan fingerprint density at radius 1 is 1.25 bits per heavy atom. The summed E-state index contributed by atoms with van der Waals surface area (Å²) in [5.41, 5.74) is 3.85. The summed E-state index contributed by atoms with van der Waals surface area (Å²) in [6, 6.07) is 1.62. The van der Waals surface area contributed by atoms with Crippen molar-refractivity contribution in [2.45, 2.75) is 20.8 Å². The molecule has 2 rings (SSSR count). The zero-order valence-electron chi connectivity index (χ0n) is 9.40. The minimum absolute atomic E-state index is 0.195. The number of carboxylic acids is 1. The lowest BCUT2D eigenvalue weighted by Crippen LogP contribution is -2.00. The van der Waals surface area contributed by atoms with Crippen LogP contribution < -0.4 is 0 Å². The van der Waals surface area contributed by atoms with E-state index < -0.39 is 5.97 Å². The van der Waals surface area contributed by atoms with E-state index in [1.54, 1.807) is 6.07 Å². The number of aromatic nitrogens is 2. The lowest BCUT2D eigenvalue weighted by molar-refractivity contribution is 0.0696. The number of hydrogen-bond acceptors (Lipinski definition) is 3. The molecule has 0 bridgehead atoms. The molecular weight excluding hydrogens is 204 g/mol. The molecule has 4 nitrogen and oxygen atoms in total. The lowest BCUT2D eigenvalue weighted by Gasteiger charge is -2.08. The number of pyridine rings is 2. The van der Waals surface area contributed by atoms with Crippen LogP contribution in [0, 0.1) is 20.8 Å². The number of aryl methyl sites for hydroxylation is 2. The van der Waals surface area contributed by atoms with Crippen molar-refractivity contribution in [2.24, 2.45) is 0 Å². The number of nitrogens with zero attached hydrogens (tertiary/aromatic N) is 2. The fourth-order valence-electron chi connectivity index (χ4n) is 1.66. The third kappa shape index (κ3) is 1.52. The quantitative estimate of drug-likeness (QED) is 0.794. The highest BCUT2D eigenvalue weighted by Crippen LogP contribution is 2.21. The smallest absolute Gasteiger partial charge is 0.337 e.